The van der Waals surface area contributed by atoms with Gasteiger partial charge in [0.2, 0.25) is 0 Å². The van der Waals surface area contributed by atoms with E-state index >= 15 is 0 Å². The molecule has 0 bridgehead atoms. The molecule has 0 aliphatic carbocycles. The second-order valence-corrected chi connectivity index (χ2v) is 3.68. The molecule has 0 radical (unpaired) electrons. The van der Waals surface area contributed by atoms with Crippen LogP contribution >= 0.6 is 0 Å². The van der Waals surface area contributed by atoms with Gasteiger partial charge in [0.05, 0.1) is 7.11 Å². The van der Waals surface area contributed by atoms with Gasteiger partial charge in [0.25, 0.3) is 0 Å². The number of carbonyl (C=O) groups is 1. The third-order valence-corrected chi connectivity index (χ3v) is 2.87. The summed E-state index contributed by atoms with van der Waals surface area (Å²) in [7, 11) is 1.27. The molecule has 0 spiro atoms. The maximum absolute atomic E-state index is 11.3. The molecule has 0 saturated heterocycles. The molecule has 0 fully saturated rings. The van der Waals surface area contributed by atoms with Crippen molar-refractivity contribution >= 4 is 22.1 Å². The summed E-state index contributed by atoms with van der Waals surface area (Å²) < 4.78 is 15.4. The van der Waals surface area contributed by atoms with Crippen molar-refractivity contribution in [1.82, 2.24) is 0 Å². The standard InChI is InChI=1S/C11H12O3S/c1-8(9-6-4-3-5-7-9)10(15-13)11(12)14-2/h3-8H,1-2H3. The first-order valence-electron chi connectivity index (χ1n) is 4.50. The Morgan fingerprint density at radius 2 is 1.93 bits per heavy atom. The van der Waals surface area contributed by atoms with Gasteiger partial charge in [-0.15, -0.1) is 0 Å². The minimum atomic E-state index is -0.550. The van der Waals surface area contributed by atoms with Crippen LogP contribution in [0.3, 0.4) is 0 Å². The Balaban J connectivity index is 2.98. The van der Waals surface area contributed by atoms with Gasteiger partial charge < -0.3 is 4.74 Å². The number of rotatable bonds is 3. The molecule has 1 aromatic carbocycles. The Morgan fingerprint density at radius 1 is 1.33 bits per heavy atom. The third-order valence-electron chi connectivity index (χ3n) is 2.17. The van der Waals surface area contributed by atoms with Crippen LogP contribution in [0.1, 0.15) is 18.4 Å². The Morgan fingerprint density at radius 3 is 2.40 bits per heavy atom. The molecule has 80 valence electrons. The number of methoxy groups -OCH3 is 1. The third kappa shape index (κ3) is 2.76. The van der Waals surface area contributed by atoms with Gasteiger partial charge in [-0.25, -0.2) is 9.00 Å². The van der Waals surface area contributed by atoms with Crippen molar-refractivity contribution in [3.63, 3.8) is 0 Å². The molecular formula is C11H12O3S. The van der Waals surface area contributed by atoms with E-state index in [9.17, 15) is 9.00 Å². The zero-order valence-electron chi connectivity index (χ0n) is 8.60. The molecule has 0 heterocycles. The van der Waals surface area contributed by atoms with E-state index < -0.39 is 5.97 Å². The van der Waals surface area contributed by atoms with Gasteiger partial charge in [0.15, 0.2) is 0 Å². The molecule has 0 N–H and O–H groups in total. The zero-order valence-corrected chi connectivity index (χ0v) is 9.41. The van der Waals surface area contributed by atoms with E-state index in [0.717, 1.165) is 5.56 Å². The Hall–Kier alpha value is -1.42. The van der Waals surface area contributed by atoms with Crippen LogP contribution in [0, 0.1) is 0 Å². The van der Waals surface area contributed by atoms with Crippen LogP contribution in [0.5, 0.6) is 0 Å². The van der Waals surface area contributed by atoms with E-state index in [1.165, 1.54) is 7.11 Å². The Labute approximate surface area is 92.1 Å². The van der Waals surface area contributed by atoms with Crippen LogP contribution in [0.15, 0.2) is 30.3 Å². The Kier molecular flexibility index (Phi) is 4.24. The normalized spacial score (nSPS) is 11.6. The number of esters is 1. The van der Waals surface area contributed by atoms with Crippen molar-refractivity contribution < 1.29 is 13.7 Å². The summed E-state index contributed by atoms with van der Waals surface area (Å²) >= 11 is 0.198. The van der Waals surface area contributed by atoms with Crippen LogP contribution in [0.2, 0.25) is 0 Å². The van der Waals surface area contributed by atoms with Gasteiger partial charge in [-0.3, -0.25) is 0 Å². The fourth-order valence-corrected chi connectivity index (χ4v) is 1.71. The number of benzene rings is 1. The van der Waals surface area contributed by atoms with Crippen molar-refractivity contribution in [2.45, 2.75) is 12.8 Å². The molecule has 3 nitrogen and oxygen atoms in total. The quantitative estimate of drug-likeness (QED) is 0.575. The number of ether oxygens (including phenoxy) is 1. The molecule has 0 aliphatic rings. The first kappa shape index (κ1) is 11.7. The van der Waals surface area contributed by atoms with E-state index in [1.54, 1.807) is 0 Å². The average molecular weight is 224 g/mol. The smallest absolute Gasteiger partial charge is 0.347 e. The molecule has 0 aromatic heterocycles. The lowest BCUT2D eigenvalue weighted by Crippen LogP contribution is -2.21. The molecule has 4 heteroatoms. The van der Waals surface area contributed by atoms with Crippen molar-refractivity contribution in [2.75, 3.05) is 7.11 Å². The molecule has 0 amide bonds. The lowest BCUT2D eigenvalue weighted by atomic mass is 9.98. The van der Waals surface area contributed by atoms with Crippen molar-refractivity contribution in [1.29, 1.82) is 0 Å². The zero-order chi connectivity index (χ0) is 11.3. The van der Waals surface area contributed by atoms with Gasteiger partial charge in [-0.2, -0.15) is 0 Å². The largest absolute Gasteiger partial charge is 0.465 e. The van der Waals surface area contributed by atoms with Crippen LogP contribution in [0.4, 0.5) is 0 Å². The molecule has 1 unspecified atom stereocenters. The second kappa shape index (κ2) is 5.46. The first-order chi connectivity index (χ1) is 7.20. The van der Waals surface area contributed by atoms with E-state index in [1.807, 2.05) is 37.3 Å². The number of carbonyl (C=O) groups excluding carboxylic acids is 1. The Bertz CT molecular complexity index is 394. The first-order valence-corrected chi connectivity index (χ1v) is 5.24. The maximum Gasteiger partial charge on any atom is 0.347 e. The monoisotopic (exact) mass is 224 g/mol. The predicted octanol–water partition coefficient (Wildman–Crippen LogP) is 1.35. The van der Waals surface area contributed by atoms with Crippen LogP contribution in [-0.4, -0.2) is 22.2 Å². The highest BCUT2D eigenvalue weighted by atomic mass is 32.1. The fraction of sp³-hybridized carbons (Fsp3) is 0.273. The average Bonchev–Trinajstić information content (AvgIpc) is 2.30. The summed E-state index contributed by atoms with van der Waals surface area (Å²) in [5.74, 6) is -0.771. The molecular weight excluding hydrogens is 212 g/mol. The lowest BCUT2D eigenvalue weighted by molar-refractivity contribution is -0.132. The van der Waals surface area contributed by atoms with Crippen molar-refractivity contribution in [3.8, 4) is 0 Å². The minimum absolute atomic E-state index is 0.184. The van der Waals surface area contributed by atoms with E-state index in [2.05, 4.69) is 4.74 Å². The summed E-state index contributed by atoms with van der Waals surface area (Å²) in [6.45, 7) is 1.81. The van der Waals surface area contributed by atoms with Gasteiger partial charge >= 0.3 is 5.97 Å². The molecule has 1 aromatic rings. The minimum Gasteiger partial charge on any atom is -0.465 e. The van der Waals surface area contributed by atoms with E-state index in [-0.39, 0.29) is 22.0 Å². The van der Waals surface area contributed by atoms with Gasteiger partial charge in [0, 0.05) is 5.92 Å². The molecule has 0 aliphatic heterocycles. The topological polar surface area (TPSA) is 43.4 Å². The second-order valence-electron chi connectivity index (χ2n) is 3.07. The summed E-state index contributed by atoms with van der Waals surface area (Å²) in [6.07, 6.45) is 0. The van der Waals surface area contributed by atoms with Crippen LogP contribution < -0.4 is 0 Å². The molecule has 1 rings (SSSR count). The highest BCUT2D eigenvalue weighted by molar-refractivity contribution is 7.68. The highest BCUT2D eigenvalue weighted by Gasteiger charge is 2.20. The fourth-order valence-electron chi connectivity index (χ4n) is 1.28. The van der Waals surface area contributed by atoms with Crippen molar-refractivity contribution in [3.05, 3.63) is 35.9 Å². The number of hydrogen-bond acceptors (Lipinski definition) is 3. The predicted molar refractivity (Wildman–Crippen MR) is 60.0 cm³/mol. The summed E-state index contributed by atoms with van der Waals surface area (Å²) in [6, 6.07) is 9.39. The van der Waals surface area contributed by atoms with Crippen LogP contribution in [-0.2, 0) is 20.8 Å². The van der Waals surface area contributed by atoms with Gasteiger partial charge in [-0.1, -0.05) is 37.3 Å². The van der Waals surface area contributed by atoms with E-state index in [4.69, 9.17) is 0 Å². The molecule has 1 atom stereocenters. The SMILES string of the molecule is COC(=O)C(=S=O)C(C)c1ccccc1. The maximum atomic E-state index is 11.3. The summed E-state index contributed by atoms with van der Waals surface area (Å²) in [5.41, 5.74) is 0.932. The number of hydrogen-bond donors (Lipinski definition) is 0. The summed E-state index contributed by atoms with van der Waals surface area (Å²) in [5, 5.41) is 0. The molecule has 15 heavy (non-hydrogen) atoms. The van der Waals surface area contributed by atoms with Crippen LogP contribution in [0.25, 0.3) is 0 Å². The molecule has 0 saturated carbocycles. The highest BCUT2D eigenvalue weighted by Crippen LogP contribution is 2.16. The van der Waals surface area contributed by atoms with Crippen molar-refractivity contribution in [2.24, 2.45) is 0 Å². The van der Waals surface area contributed by atoms with Gasteiger partial charge in [-0.05, 0) is 5.56 Å². The van der Waals surface area contributed by atoms with E-state index in [0.29, 0.717) is 0 Å². The summed E-state index contributed by atoms with van der Waals surface area (Å²) in [4.78, 5) is 11.5. The van der Waals surface area contributed by atoms with Gasteiger partial charge in [0.1, 0.15) is 16.1 Å². The lowest BCUT2D eigenvalue weighted by Gasteiger charge is -2.10.